The van der Waals surface area contributed by atoms with Gasteiger partial charge in [0.25, 0.3) is 0 Å². The lowest BCUT2D eigenvalue weighted by molar-refractivity contribution is 1.19. The first kappa shape index (κ1) is 18.3. The van der Waals surface area contributed by atoms with Gasteiger partial charge in [-0.15, -0.1) is 0 Å². The number of anilines is 2. The van der Waals surface area contributed by atoms with Crippen molar-refractivity contribution >= 4 is 46.0 Å². The summed E-state index contributed by atoms with van der Waals surface area (Å²) in [5, 5.41) is 10.3. The lowest BCUT2D eigenvalue weighted by atomic mass is 10.1. The van der Waals surface area contributed by atoms with E-state index >= 15 is 0 Å². The Morgan fingerprint density at radius 2 is 1.04 bits per heavy atom. The zero-order valence-corrected chi connectivity index (χ0v) is 15.2. The first-order valence-electron chi connectivity index (χ1n) is 7.79. The van der Waals surface area contributed by atoms with Crippen LogP contribution in [0.4, 0.5) is 11.4 Å². The number of hydrazone groups is 2. The number of nitrogens with one attached hydrogen (secondary N) is 2. The molecule has 0 aromatic heterocycles. The second-order valence-corrected chi connectivity index (χ2v) is 5.93. The third kappa shape index (κ3) is 5.55. The van der Waals surface area contributed by atoms with Crippen LogP contribution in [0, 0.1) is 0 Å². The quantitative estimate of drug-likeness (QED) is 0.465. The molecule has 0 aliphatic rings. The van der Waals surface area contributed by atoms with E-state index in [0.717, 1.165) is 35.6 Å². The van der Waals surface area contributed by atoms with Crippen LogP contribution in [0.2, 0.25) is 10.0 Å². The van der Waals surface area contributed by atoms with Crippen molar-refractivity contribution in [2.45, 2.75) is 26.7 Å². The van der Waals surface area contributed by atoms with Gasteiger partial charge in [0.15, 0.2) is 0 Å². The third-order valence-electron chi connectivity index (χ3n) is 3.33. The summed E-state index contributed by atoms with van der Waals surface area (Å²) in [4.78, 5) is 0. The van der Waals surface area contributed by atoms with Crippen LogP contribution in [0.3, 0.4) is 0 Å². The lowest BCUT2D eigenvalue weighted by Crippen LogP contribution is -2.16. The molecule has 0 atom stereocenters. The molecule has 6 heteroatoms. The summed E-state index contributed by atoms with van der Waals surface area (Å²) in [6, 6.07) is 14.8. The van der Waals surface area contributed by atoms with Gasteiger partial charge < -0.3 is 0 Å². The number of halogens is 2. The second-order valence-electron chi connectivity index (χ2n) is 5.06. The Balaban J connectivity index is 2.09. The van der Waals surface area contributed by atoms with Gasteiger partial charge in [0.2, 0.25) is 0 Å². The van der Waals surface area contributed by atoms with E-state index in [0.29, 0.717) is 10.0 Å². The van der Waals surface area contributed by atoms with E-state index < -0.39 is 0 Å². The Hall–Kier alpha value is -2.04. The van der Waals surface area contributed by atoms with Crippen LogP contribution in [-0.4, -0.2) is 11.4 Å². The summed E-state index contributed by atoms with van der Waals surface area (Å²) < 4.78 is 0. The number of hydrogen-bond acceptors (Lipinski definition) is 4. The molecule has 2 N–H and O–H groups in total. The van der Waals surface area contributed by atoms with Crippen molar-refractivity contribution < 1.29 is 0 Å². The fourth-order valence-electron chi connectivity index (χ4n) is 2.01. The average molecular weight is 363 g/mol. The molecule has 0 aliphatic carbocycles. The van der Waals surface area contributed by atoms with E-state index in [9.17, 15) is 0 Å². The van der Waals surface area contributed by atoms with Gasteiger partial charge in [-0.1, -0.05) is 37.0 Å². The predicted molar refractivity (Wildman–Crippen MR) is 106 cm³/mol. The molecule has 0 spiro atoms. The normalized spacial score (nSPS) is 12.2. The molecule has 2 aromatic rings. The van der Waals surface area contributed by atoms with Crippen molar-refractivity contribution in [2.75, 3.05) is 10.9 Å². The fourth-order valence-corrected chi connectivity index (χ4v) is 2.26. The molecule has 126 valence electrons. The first-order chi connectivity index (χ1) is 11.6. The van der Waals surface area contributed by atoms with Crippen LogP contribution < -0.4 is 10.9 Å². The highest BCUT2D eigenvalue weighted by Gasteiger charge is 2.06. The first-order valence-corrected chi connectivity index (χ1v) is 8.54. The van der Waals surface area contributed by atoms with E-state index in [1.165, 1.54) is 0 Å². The Bertz CT molecular complexity index is 643. The van der Waals surface area contributed by atoms with E-state index in [2.05, 4.69) is 34.9 Å². The van der Waals surface area contributed by atoms with Crippen LogP contribution in [0.1, 0.15) is 26.7 Å². The number of rotatable bonds is 7. The molecule has 0 bridgehead atoms. The second kappa shape index (κ2) is 9.30. The maximum atomic E-state index is 5.88. The topological polar surface area (TPSA) is 48.8 Å². The van der Waals surface area contributed by atoms with Gasteiger partial charge in [-0.25, -0.2) is 0 Å². The summed E-state index contributed by atoms with van der Waals surface area (Å²) in [7, 11) is 0. The van der Waals surface area contributed by atoms with Gasteiger partial charge in [0, 0.05) is 10.0 Å². The highest BCUT2D eigenvalue weighted by molar-refractivity contribution is 6.42. The van der Waals surface area contributed by atoms with Crippen molar-refractivity contribution in [3.63, 3.8) is 0 Å². The molecular formula is C18H20Cl2N4. The Labute approximate surface area is 152 Å². The minimum absolute atomic E-state index is 0.697. The highest BCUT2D eigenvalue weighted by atomic mass is 35.5. The van der Waals surface area contributed by atoms with Gasteiger partial charge in [-0.05, 0) is 61.4 Å². The lowest BCUT2D eigenvalue weighted by Gasteiger charge is -2.09. The molecule has 0 radical (unpaired) electrons. The summed E-state index contributed by atoms with van der Waals surface area (Å²) in [6.45, 7) is 4.10. The minimum atomic E-state index is 0.697. The summed E-state index contributed by atoms with van der Waals surface area (Å²) >= 11 is 11.8. The molecule has 0 unspecified atom stereocenters. The molecule has 2 rings (SSSR count). The van der Waals surface area contributed by atoms with E-state index in [1.54, 1.807) is 0 Å². The van der Waals surface area contributed by atoms with Gasteiger partial charge in [-0.3, -0.25) is 10.9 Å². The van der Waals surface area contributed by atoms with Crippen molar-refractivity contribution in [3.8, 4) is 0 Å². The van der Waals surface area contributed by atoms with Crippen LogP contribution >= 0.6 is 23.2 Å². The zero-order valence-electron chi connectivity index (χ0n) is 13.7. The average Bonchev–Trinajstić information content (AvgIpc) is 2.60. The van der Waals surface area contributed by atoms with Crippen LogP contribution in [0.25, 0.3) is 0 Å². The Kier molecular flexibility index (Phi) is 7.09. The smallest absolute Gasteiger partial charge is 0.0836 e. The molecule has 0 saturated carbocycles. The van der Waals surface area contributed by atoms with Crippen LogP contribution in [0.15, 0.2) is 58.7 Å². The monoisotopic (exact) mass is 362 g/mol. The number of nitrogens with zero attached hydrogens (tertiary/aromatic N) is 2. The van der Waals surface area contributed by atoms with Gasteiger partial charge in [0.1, 0.15) is 0 Å². The SMILES string of the molecule is CCC(=N/Nc1ccc(Cl)cc1)/C(CC)=N/Nc1ccc(Cl)cc1. The van der Waals surface area contributed by atoms with Gasteiger partial charge >= 0.3 is 0 Å². The Morgan fingerprint density at radius 3 is 1.33 bits per heavy atom. The maximum Gasteiger partial charge on any atom is 0.0836 e. The van der Waals surface area contributed by atoms with E-state index in [4.69, 9.17) is 23.2 Å². The van der Waals surface area contributed by atoms with Crippen molar-refractivity contribution in [2.24, 2.45) is 10.2 Å². The summed E-state index contributed by atoms with van der Waals surface area (Å²) in [5.74, 6) is 0. The largest absolute Gasteiger partial charge is 0.278 e. The molecule has 2 aromatic carbocycles. The zero-order chi connectivity index (χ0) is 17.4. The molecule has 0 aliphatic heterocycles. The fraction of sp³-hybridized carbons (Fsp3) is 0.222. The van der Waals surface area contributed by atoms with E-state index in [1.807, 2.05) is 48.5 Å². The molecule has 0 saturated heterocycles. The van der Waals surface area contributed by atoms with Crippen molar-refractivity contribution in [3.05, 3.63) is 58.6 Å². The molecule has 24 heavy (non-hydrogen) atoms. The van der Waals surface area contributed by atoms with Gasteiger partial charge in [0.05, 0.1) is 22.8 Å². The number of hydrogen-bond donors (Lipinski definition) is 2. The molecule has 0 fully saturated rings. The molecule has 4 nitrogen and oxygen atoms in total. The van der Waals surface area contributed by atoms with Crippen LogP contribution in [-0.2, 0) is 0 Å². The number of benzene rings is 2. The minimum Gasteiger partial charge on any atom is -0.278 e. The third-order valence-corrected chi connectivity index (χ3v) is 3.84. The Morgan fingerprint density at radius 1 is 0.708 bits per heavy atom. The standard InChI is InChI=1S/C18H20Cl2N4/c1-3-17(23-21-15-9-5-13(19)6-10-15)18(4-2)24-22-16-11-7-14(20)8-12-16/h5-12,21-22H,3-4H2,1-2H3/b23-17-,24-18+. The molecule has 0 heterocycles. The van der Waals surface area contributed by atoms with Gasteiger partial charge in [-0.2, -0.15) is 10.2 Å². The van der Waals surface area contributed by atoms with Crippen molar-refractivity contribution in [1.29, 1.82) is 0 Å². The maximum absolute atomic E-state index is 5.88. The summed E-state index contributed by atoms with van der Waals surface area (Å²) in [5.41, 5.74) is 9.65. The molecule has 0 amide bonds. The van der Waals surface area contributed by atoms with Crippen molar-refractivity contribution in [1.82, 2.24) is 0 Å². The predicted octanol–water partition coefficient (Wildman–Crippen LogP) is 6.05. The van der Waals surface area contributed by atoms with Crippen LogP contribution in [0.5, 0.6) is 0 Å². The van der Waals surface area contributed by atoms with E-state index in [-0.39, 0.29) is 0 Å². The highest BCUT2D eigenvalue weighted by Crippen LogP contribution is 2.15. The summed E-state index contributed by atoms with van der Waals surface area (Å²) in [6.07, 6.45) is 1.55. The molecular weight excluding hydrogens is 343 g/mol.